The molecule has 0 radical (unpaired) electrons. The molecule has 4 aliphatic rings. The van der Waals surface area contributed by atoms with E-state index in [1.54, 1.807) is 30.2 Å². The van der Waals surface area contributed by atoms with Gasteiger partial charge in [-0.05, 0) is 91.1 Å². The number of ether oxygens (including phenoxy) is 3. The Hall–Kier alpha value is -4.90. The van der Waals surface area contributed by atoms with Crippen LogP contribution in [0.4, 0.5) is 0 Å². The molecule has 3 N–H and O–H groups in total. The van der Waals surface area contributed by atoms with Crippen LogP contribution in [0.5, 0.6) is 11.5 Å². The van der Waals surface area contributed by atoms with Gasteiger partial charge < -0.3 is 35.1 Å². The lowest BCUT2D eigenvalue weighted by atomic mass is 9.77. The van der Waals surface area contributed by atoms with E-state index in [-0.39, 0.29) is 49.2 Å². The van der Waals surface area contributed by atoms with E-state index in [4.69, 9.17) is 14.2 Å². The maximum Gasteiger partial charge on any atom is 0.257 e. The number of amides is 4. The minimum Gasteiger partial charge on any atom is -0.493 e. The van der Waals surface area contributed by atoms with Crippen LogP contribution < -0.4 is 25.4 Å². The average Bonchev–Trinajstić information content (AvgIpc) is 3.79. The lowest BCUT2D eigenvalue weighted by Crippen LogP contribution is -2.53. The van der Waals surface area contributed by atoms with Crippen molar-refractivity contribution in [2.75, 3.05) is 53.1 Å². The molecule has 3 aromatic rings. The molecule has 11 heteroatoms. The number of rotatable bonds is 6. The summed E-state index contributed by atoms with van der Waals surface area (Å²) in [6, 6.07) is 21.1. The molecule has 1 aliphatic carbocycles. The van der Waals surface area contributed by atoms with Crippen LogP contribution >= 0.6 is 0 Å². The van der Waals surface area contributed by atoms with E-state index in [1.165, 1.54) is 11.1 Å². The second-order valence-corrected chi connectivity index (χ2v) is 13.8. The van der Waals surface area contributed by atoms with Gasteiger partial charge in [-0.3, -0.25) is 19.2 Å². The van der Waals surface area contributed by atoms with E-state index in [2.05, 4.69) is 28.1 Å². The molecule has 7 rings (SSSR count). The van der Waals surface area contributed by atoms with Crippen molar-refractivity contribution < 1.29 is 33.4 Å². The molecule has 0 spiro atoms. The zero-order chi connectivity index (χ0) is 35.6. The summed E-state index contributed by atoms with van der Waals surface area (Å²) in [7, 11) is 1.61. The van der Waals surface area contributed by atoms with Crippen molar-refractivity contribution in [3.05, 3.63) is 94.5 Å². The molecule has 0 saturated heterocycles. The van der Waals surface area contributed by atoms with Gasteiger partial charge in [0, 0.05) is 64.3 Å². The number of benzene rings is 3. The van der Waals surface area contributed by atoms with Crippen molar-refractivity contribution in [2.45, 2.75) is 57.4 Å². The van der Waals surface area contributed by atoms with Crippen LogP contribution in [0.3, 0.4) is 0 Å². The molecular formula is C40H48N4O7. The normalized spacial score (nSPS) is 20.3. The van der Waals surface area contributed by atoms with Crippen LogP contribution in [0, 0.1) is 5.41 Å². The molecule has 3 aliphatic heterocycles. The van der Waals surface area contributed by atoms with E-state index in [1.807, 2.05) is 36.4 Å². The number of methoxy groups -OCH3 is 1. The Bertz CT molecular complexity index is 1690. The Morgan fingerprint density at radius 3 is 2.43 bits per heavy atom. The summed E-state index contributed by atoms with van der Waals surface area (Å²) in [5, 5.41) is 9.28. The monoisotopic (exact) mass is 696 g/mol. The first-order valence-corrected chi connectivity index (χ1v) is 18.0. The highest BCUT2D eigenvalue weighted by atomic mass is 16.5. The van der Waals surface area contributed by atoms with E-state index in [0.717, 1.165) is 36.1 Å². The lowest BCUT2D eigenvalue weighted by Gasteiger charge is -2.34. The van der Waals surface area contributed by atoms with Crippen LogP contribution in [-0.2, 0) is 44.8 Å². The Morgan fingerprint density at radius 2 is 1.67 bits per heavy atom. The molecule has 51 heavy (non-hydrogen) atoms. The van der Waals surface area contributed by atoms with Crippen LogP contribution in [0.25, 0.3) is 0 Å². The fourth-order valence-electron chi connectivity index (χ4n) is 7.21. The first-order chi connectivity index (χ1) is 24.8. The predicted octanol–water partition coefficient (Wildman–Crippen LogP) is 3.41. The lowest BCUT2D eigenvalue weighted by molar-refractivity contribution is -0.133. The topological polar surface area (TPSA) is 135 Å². The maximum atomic E-state index is 14.4. The number of fused-ring (bicyclic) bond motifs is 19. The third-order valence-electron chi connectivity index (χ3n) is 10.1. The van der Waals surface area contributed by atoms with Crippen LogP contribution in [0.1, 0.15) is 58.3 Å². The van der Waals surface area contributed by atoms with Crippen molar-refractivity contribution in [1.82, 2.24) is 20.9 Å². The third kappa shape index (κ3) is 9.26. The van der Waals surface area contributed by atoms with Crippen molar-refractivity contribution >= 4 is 23.6 Å². The third-order valence-corrected chi connectivity index (χ3v) is 10.1. The summed E-state index contributed by atoms with van der Waals surface area (Å²) in [6.45, 7) is 2.05. The van der Waals surface area contributed by atoms with Gasteiger partial charge in [0.15, 0.2) is 6.61 Å². The molecule has 1 unspecified atom stereocenters. The first kappa shape index (κ1) is 35.9. The smallest absolute Gasteiger partial charge is 0.257 e. The molecule has 0 aromatic heterocycles. The quantitative estimate of drug-likeness (QED) is 0.360. The van der Waals surface area contributed by atoms with Gasteiger partial charge in [-0.25, -0.2) is 0 Å². The Labute approximate surface area is 299 Å². The molecule has 270 valence electrons. The predicted molar refractivity (Wildman–Crippen MR) is 192 cm³/mol. The van der Waals surface area contributed by atoms with E-state index in [0.29, 0.717) is 69.8 Å². The highest BCUT2D eigenvalue weighted by Gasteiger charge is 2.40. The molecule has 3 aromatic carbocycles. The second-order valence-electron chi connectivity index (χ2n) is 13.8. The molecule has 4 amide bonds. The number of hydrogen-bond donors (Lipinski definition) is 3. The number of carbonyl (C=O) groups is 4. The largest absolute Gasteiger partial charge is 0.493 e. The van der Waals surface area contributed by atoms with Gasteiger partial charge in [-0.1, -0.05) is 36.4 Å². The van der Waals surface area contributed by atoms with Gasteiger partial charge in [0.25, 0.3) is 11.8 Å². The molecule has 11 nitrogen and oxygen atoms in total. The van der Waals surface area contributed by atoms with Gasteiger partial charge in [-0.2, -0.15) is 0 Å². The van der Waals surface area contributed by atoms with Crippen molar-refractivity contribution in [2.24, 2.45) is 5.41 Å². The summed E-state index contributed by atoms with van der Waals surface area (Å²) in [5.74, 6) is 0.626. The minimum atomic E-state index is -0.997. The molecule has 3 heterocycles. The van der Waals surface area contributed by atoms with Crippen LogP contribution in [0.15, 0.2) is 66.7 Å². The summed E-state index contributed by atoms with van der Waals surface area (Å²) in [6.07, 6.45) is 4.17. The van der Waals surface area contributed by atoms with Crippen LogP contribution in [0.2, 0.25) is 0 Å². The van der Waals surface area contributed by atoms with Gasteiger partial charge in [0.2, 0.25) is 11.8 Å². The average molecular weight is 697 g/mol. The van der Waals surface area contributed by atoms with Crippen molar-refractivity contribution in [3.63, 3.8) is 0 Å². The Balaban J connectivity index is 1.20. The van der Waals surface area contributed by atoms with Gasteiger partial charge in [0.05, 0.1) is 12.0 Å². The first-order valence-electron chi connectivity index (χ1n) is 18.0. The molecule has 1 atom stereocenters. The Kier molecular flexibility index (Phi) is 11.9. The van der Waals surface area contributed by atoms with E-state index < -0.39 is 5.41 Å². The number of nitrogens with zero attached hydrogens (tertiary/aromatic N) is 1. The van der Waals surface area contributed by atoms with Gasteiger partial charge >= 0.3 is 0 Å². The number of nitrogens with one attached hydrogen (secondary N) is 3. The fraction of sp³-hybridized carbons (Fsp3) is 0.450. The zero-order valence-corrected chi connectivity index (χ0v) is 29.3. The summed E-state index contributed by atoms with van der Waals surface area (Å²) in [4.78, 5) is 55.8. The van der Waals surface area contributed by atoms with Gasteiger partial charge in [0.1, 0.15) is 11.5 Å². The SMILES string of the molecule is COCCC1(C(=O)NC2Cc3ccccc3C2)CNC(=O)CCCN(C(=O)c2ccc3c(c2)CCO3)CCCNC(=O)COc2ccc(cc2)C1. The van der Waals surface area contributed by atoms with Crippen molar-refractivity contribution in [3.8, 4) is 11.5 Å². The number of hydrogen-bond acceptors (Lipinski definition) is 7. The zero-order valence-electron chi connectivity index (χ0n) is 29.3. The van der Waals surface area contributed by atoms with Gasteiger partial charge in [-0.15, -0.1) is 0 Å². The van der Waals surface area contributed by atoms with E-state index >= 15 is 0 Å². The number of carbonyl (C=O) groups excluding carboxylic acids is 4. The highest BCUT2D eigenvalue weighted by Crippen LogP contribution is 2.31. The minimum absolute atomic E-state index is 0.0466. The summed E-state index contributed by atoms with van der Waals surface area (Å²) < 4.78 is 16.9. The standard InChI is InChI=1S/C40H48N4O7/c1-49-21-16-40(39(48)43-33-23-29-6-2-3-7-30(29)24-33)25-28-9-12-34(13-10-28)51-26-37(46)41-17-5-19-44(18-4-8-36(45)42-27-40)38(47)32-11-14-35-31(22-32)15-20-50-35/h2-3,6-7,9-14,22,33H,4-5,8,15-21,23-27H2,1H3,(H,41,46)(H,42,45)(H,43,48). The fourth-order valence-corrected chi connectivity index (χ4v) is 7.21. The van der Waals surface area contributed by atoms with E-state index in [9.17, 15) is 19.2 Å². The highest BCUT2D eigenvalue weighted by molar-refractivity contribution is 5.94. The van der Waals surface area contributed by atoms with Crippen molar-refractivity contribution in [1.29, 1.82) is 0 Å². The Morgan fingerprint density at radius 1 is 0.902 bits per heavy atom. The molecular weight excluding hydrogens is 648 g/mol. The molecule has 0 saturated carbocycles. The summed E-state index contributed by atoms with van der Waals surface area (Å²) >= 11 is 0. The summed E-state index contributed by atoms with van der Waals surface area (Å²) in [5.41, 5.74) is 3.95. The van der Waals surface area contributed by atoms with Crippen LogP contribution in [-0.4, -0.2) is 87.7 Å². The molecule has 2 bridgehead atoms. The maximum absolute atomic E-state index is 14.4. The molecule has 0 fully saturated rings. The second kappa shape index (κ2) is 16.9.